The molecule has 0 amide bonds. The molecule has 2 heteroatoms. The molecule has 1 unspecified atom stereocenters. The topological polar surface area (TPSA) is 15.3 Å². The number of hydrogen-bond acceptors (Lipinski definition) is 2. The summed E-state index contributed by atoms with van der Waals surface area (Å²) in [6, 6.07) is 1.60. The molecule has 1 saturated carbocycles. The number of likely N-dealkylation sites (N-methyl/N-ethyl adjacent to an activating group) is 1. The molecule has 1 saturated heterocycles. The van der Waals surface area contributed by atoms with Crippen LogP contribution in [0.4, 0.5) is 0 Å². The van der Waals surface area contributed by atoms with Crippen molar-refractivity contribution in [2.75, 3.05) is 19.6 Å². The van der Waals surface area contributed by atoms with Crippen LogP contribution >= 0.6 is 0 Å². The average molecular weight is 182 g/mol. The van der Waals surface area contributed by atoms with Crippen LogP contribution in [-0.4, -0.2) is 36.6 Å². The van der Waals surface area contributed by atoms with E-state index in [0.717, 1.165) is 12.1 Å². The average Bonchev–Trinajstić information content (AvgIpc) is 2.75. The van der Waals surface area contributed by atoms with Gasteiger partial charge in [-0.05, 0) is 31.7 Å². The van der Waals surface area contributed by atoms with E-state index in [4.69, 9.17) is 0 Å². The first-order valence-corrected chi connectivity index (χ1v) is 5.64. The molecule has 0 radical (unpaired) electrons. The maximum Gasteiger partial charge on any atom is 0.0348 e. The summed E-state index contributed by atoms with van der Waals surface area (Å²) < 4.78 is 0. The van der Waals surface area contributed by atoms with E-state index in [1.54, 1.807) is 0 Å². The van der Waals surface area contributed by atoms with Crippen molar-refractivity contribution in [1.82, 2.24) is 10.2 Å². The van der Waals surface area contributed by atoms with Gasteiger partial charge in [0, 0.05) is 25.2 Å². The van der Waals surface area contributed by atoms with Crippen LogP contribution < -0.4 is 5.32 Å². The fraction of sp³-hybridized carbons (Fsp3) is 1.00. The molecule has 0 bridgehead atoms. The van der Waals surface area contributed by atoms with E-state index in [1.807, 2.05) is 0 Å². The van der Waals surface area contributed by atoms with Gasteiger partial charge < -0.3 is 5.32 Å². The third-order valence-electron chi connectivity index (χ3n) is 4.14. The lowest BCUT2D eigenvalue weighted by atomic mass is 9.96. The Balaban J connectivity index is 1.94. The Labute approximate surface area is 81.7 Å². The molecular formula is C11H22N2. The van der Waals surface area contributed by atoms with Gasteiger partial charge in [-0.15, -0.1) is 0 Å². The molecule has 13 heavy (non-hydrogen) atoms. The zero-order chi connectivity index (χ0) is 9.47. The van der Waals surface area contributed by atoms with Crippen LogP contribution in [0.2, 0.25) is 0 Å². The molecule has 0 aromatic carbocycles. The Morgan fingerprint density at radius 3 is 2.38 bits per heavy atom. The van der Waals surface area contributed by atoms with Crippen molar-refractivity contribution in [2.24, 2.45) is 5.41 Å². The van der Waals surface area contributed by atoms with Gasteiger partial charge in [0.15, 0.2) is 0 Å². The zero-order valence-electron chi connectivity index (χ0n) is 9.14. The lowest BCUT2D eigenvalue weighted by molar-refractivity contribution is 0.0737. The van der Waals surface area contributed by atoms with Gasteiger partial charge in [0.05, 0.1) is 0 Å². The highest BCUT2D eigenvalue weighted by atomic mass is 15.3. The van der Waals surface area contributed by atoms with E-state index in [1.165, 1.54) is 32.5 Å². The number of nitrogens with one attached hydrogen (secondary N) is 1. The molecule has 1 aliphatic heterocycles. The second-order valence-electron chi connectivity index (χ2n) is 4.97. The van der Waals surface area contributed by atoms with Crippen LogP contribution in [0.1, 0.15) is 33.6 Å². The second-order valence-corrected chi connectivity index (χ2v) is 4.97. The first kappa shape index (κ1) is 9.47. The first-order chi connectivity index (χ1) is 6.17. The summed E-state index contributed by atoms with van der Waals surface area (Å²) in [5.74, 6) is 0. The van der Waals surface area contributed by atoms with Gasteiger partial charge >= 0.3 is 0 Å². The third kappa shape index (κ3) is 1.62. The third-order valence-corrected chi connectivity index (χ3v) is 4.14. The molecule has 1 atom stereocenters. The number of nitrogens with zero attached hydrogens (tertiary/aromatic N) is 1. The van der Waals surface area contributed by atoms with Crippen molar-refractivity contribution in [1.29, 1.82) is 0 Å². The molecule has 2 aliphatic rings. The largest absolute Gasteiger partial charge is 0.314 e. The van der Waals surface area contributed by atoms with Crippen LogP contribution in [0.25, 0.3) is 0 Å². The van der Waals surface area contributed by atoms with Crippen LogP contribution in [0, 0.1) is 5.41 Å². The number of rotatable bonds is 4. The molecule has 0 aromatic heterocycles. The minimum Gasteiger partial charge on any atom is -0.314 e. The summed E-state index contributed by atoms with van der Waals surface area (Å²) in [6.07, 6.45) is 2.87. The summed E-state index contributed by atoms with van der Waals surface area (Å²) in [6.45, 7) is 10.8. The van der Waals surface area contributed by atoms with Gasteiger partial charge in [-0.25, -0.2) is 0 Å². The highest BCUT2D eigenvalue weighted by Crippen LogP contribution is 2.50. The zero-order valence-corrected chi connectivity index (χ0v) is 9.14. The molecular weight excluding hydrogens is 160 g/mol. The highest BCUT2D eigenvalue weighted by Gasteiger charge is 2.46. The van der Waals surface area contributed by atoms with Crippen molar-refractivity contribution in [2.45, 2.75) is 45.7 Å². The lowest BCUT2D eigenvalue weighted by Gasteiger charge is -2.43. The smallest absolute Gasteiger partial charge is 0.0348 e. The maximum atomic E-state index is 3.36. The van der Waals surface area contributed by atoms with E-state index in [2.05, 4.69) is 31.0 Å². The Morgan fingerprint density at radius 1 is 1.46 bits per heavy atom. The van der Waals surface area contributed by atoms with Crippen LogP contribution in [0.15, 0.2) is 0 Å². The van der Waals surface area contributed by atoms with Gasteiger partial charge in [0.1, 0.15) is 0 Å². The van der Waals surface area contributed by atoms with E-state index >= 15 is 0 Å². The van der Waals surface area contributed by atoms with Gasteiger partial charge in [0.2, 0.25) is 0 Å². The quantitative estimate of drug-likeness (QED) is 0.708. The molecule has 1 aliphatic carbocycles. The van der Waals surface area contributed by atoms with Crippen molar-refractivity contribution in [3.8, 4) is 0 Å². The predicted molar refractivity (Wildman–Crippen MR) is 55.8 cm³/mol. The molecule has 1 N–H and O–H groups in total. The van der Waals surface area contributed by atoms with Crippen LogP contribution in [-0.2, 0) is 0 Å². The summed E-state index contributed by atoms with van der Waals surface area (Å²) in [5, 5.41) is 3.36. The van der Waals surface area contributed by atoms with E-state index in [-0.39, 0.29) is 0 Å². The summed E-state index contributed by atoms with van der Waals surface area (Å²) in [7, 11) is 0. The SMILES string of the molecule is CCN(C1CNC1)C(C)C1(C)CC1. The highest BCUT2D eigenvalue weighted by molar-refractivity contribution is 5.00. The monoisotopic (exact) mass is 182 g/mol. The minimum atomic E-state index is 0.644. The van der Waals surface area contributed by atoms with E-state index in [9.17, 15) is 0 Å². The fourth-order valence-corrected chi connectivity index (χ4v) is 2.37. The molecule has 2 rings (SSSR count). The maximum absolute atomic E-state index is 3.36. The first-order valence-electron chi connectivity index (χ1n) is 5.64. The van der Waals surface area contributed by atoms with Crippen LogP contribution in [0.5, 0.6) is 0 Å². The standard InChI is InChI=1S/C11H22N2/c1-4-13(10-7-12-8-10)9(2)11(3)5-6-11/h9-10,12H,4-8H2,1-3H3. The predicted octanol–water partition coefficient (Wildman–Crippen LogP) is 1.47. The van der Waals surface area contributed by atoms with Crippen molar-refractivity contribution < 1.29 is 0 Å². The van der Waals surface area contributed by atoms with Gasteiger partial charge in [-0.2, -0.15) is 0 Å². The molecule has 0 aromatic rings. The summed E-state index contributed by atoms with van der Waals surface area (Å²) in [5.41, 5.74) is 0.644. The Bertz CT molecular complexity index is 183. The fourth-order valence-electron chi connectivity index (χ4n) is 2.37. The lowest BCUT2D eigenvalue weighted by Crippen LogP contribution is -2.60. The van der Waals surface area contributed by atoms with Crippen molar-refractivity contribution >= 4 is 0 Å². The number of hydrogen-bond donors (Lipinski definition) is 1. The molecule has 0 spiro atoms. The second kappa shape index (κ2) is 3.25. The Hall–Kier alpha value is -0.0800. The summed E-state index contributed by atoms with van der Waals surface area (Å²) >= 11 is 0. The Kier molecular flexibility index (Phi) is 2.37. The summed E-state index contributed by atoms with van der Waals surface area (Å²) in [4.78, 5) is 2.68. The minimum absolute atomic E-state index is 0.644. The molecule has 1 heterocycles. The van der Waals surface area contributed by atoms with Crippen molar-refractivity contribution in [3.63, 3.8) is 0 Å². The van der Waals surface area contributed by atoms with Crippen LogP contribution in [0.3, 0.4) is 0 Å². The molecule has 2 fully saturated rings. The van der Waals surface area contributed by atoms with Gasteiger partial charge in [-0.1, -0.05) is 13.8 Å². The normalized spacial score (nSPS) is 28.6. The molecule has 2 nitrogen and oxygen atoms in total. The van der Waals surface area contributed by atoms with Gasteiger partial charge in [-0.3, -0.25) is 4.90 Å². The van der Waals surface area contributed by atoms with Crippen molar-refractivity contribution in [3.05, 3.63) is 0 Å². The Morgan fingerprint density at radius 2 is 2.08 bits per heavy atom. The van der Waals surface area contributed by atoms with E-state index < -0.39 is 0 Å². The van der Waals surface area contributed by atoms with E-state index in [0.29, 0.717) is 5.41 Å². The van der Waals surface area contributed by atoms with Gasteiger partial charge in [0.25, 0.3) is 0 Å². The molecule has 76 valence electrons.